The maximum Gasteiger partial charge on any atom is 0.276 e. The van der Waals surface area contributed by atoms with E-state index in [9.17, 15) is 9.90 Å². The number of phenolic OH excluding ortho intramolecular Hbond substituents is 1. The first kappa shape index (κ1) is 16.5. The lowest BCUT2D eigenvalue weighted by Gasteiger charge is -2.09. The smallest absolute Gasteiger partial charge is 0.276 e. The summed E-state index contributed by atoms with van der Waals surface area (Å²) in [5, 5.41) is 14.7. The summed E-state index contributed by atoms with van der Waals surface area (Å²) in [4.78, 5) is 20.0. The molecule has 0 saturated carbocycles. The lowest BCUT2D eigenvalue weighted by molar-refractivity contribution is 0.474. The van der Waals surface area contributed by atoms with Crippen molar-refractivity contribution in [2.75, 3.05) is 5.43 Å². The van der Waals surface area contributed by atoms with E-state index in [0.29, 0.717) is 16.6 Å². The van der Waals surface area contributed by atoms with Crippen molar-refractivity contribution in [1.29, 1.82) is 0 Å². The molecule has 1 aromatic heterocycles. The topological polar surface area (TPSA) is 90.4 Å². The number of nitrogens with zero attached hydrogens (tertiary/aromatic N) is 2. The minimum absolute atomic E-state index is 0.0143. The molecule has 4 aromatic rings. The molecule has 6 heteroatoms. The number of phenols is 1. The van der Waals surface area contributed by atoms with Gasteiger partial charge in [-0.25, -0.2) is 4.98 Å². The van der Waals surface area contributed by atoms with Crippen molar-refractivity contribution in [3.63, 3.8) is 0 Å². The fourth-order valence-corrected chi connectivity index (χ4v) is 2.74. The highest BCUT2D eigenvalue weighted by atomic mass is 16.3. The molecule has 0 bridgehead atoms. The second kappa shape index (κ2) is 7.13. The third kappa shape index (κ3) is 3.41. The number of rotatable bonds is 4. The van der Waals surface area contributed by atoms with Gasteiger partial charge < -0.3 is 10.1 Å². The van der Waals surface area contributed by atoms with Gasteiger partial charge in [-0.3, -0.25) is 10.2 Å². The van der Waals surface area contributed by atoms with Crippen LogP contribution in [-0.2, 0) is 0 Å². The van der Waals surface area contributed by atoms with Gasteiger partial charge >= 0.3 is 0 Å². The first-order valence-corrected chi connectivity index (χ1v) is 8.39. The highest BCUT2D eigenvalue weighted by Crippen LogP contribution is 2.20. The minimum Gasteiger partial charge on any atom is -0.507 e. The largest absolute Gasteiger partial charge is 0.507 e. The maximum atomic E-state index is 12.7. The molecule has 0 aliphatic carbocycles. The fourth-order valence-electron chi connectivity index (χ4n) is 2.74. The summed E-state index contributed by atoms with van der Waals surface area (Å²) in [7, 11) is 0. The number of hydrogen-bond acceptors (Lipinski definition) is 5. The summed E-state index contributed by atoms with van der Waals surface area (Å²) < 4.78 is 0. The number of aromatic amines is 1. The Labute approximate surface area is 154 Å². The predicted molar refractivity (Wildman–Crippen MR) is 106 cm³/mol. The van der Waals surface area contributed by atoms with Crippen LogP contribution in [0.2, 0.25) is 0 Å². The number of nitrogens with one attached hydrogen (secondary N) is 2. The lowest BCUT2D eigenvalue weighted by Crippen LogP contribution is -2.22. The van der Waals surface area contributed by atoms with Gasteiger partial charge in [0.2, 0.25) is 0 Å². The van der Waals surface area contributed by atoms with Crippen molar-refractivity contribution in [1.82, 2.24) is 9.97 Å². The number of aromatic nitrogens is 2. The normalized spacial score (nSPS) is 11.5. The first-order valence-electron chi connectivity index (χ1n) is 8.39. The van der Waals surface area contributed by atoms with E-state index >= 15 is 0 Å². The number of fused-ring (bicyclic) bond motifs is 1. The molecule has 0 spiro atoms. The van der Waals surface area contributed by atoms with Crippen molar-refractivity contribution in [3.05, 3.63) is 100 Å². The van der Waals surface area contributed by atoms with Crippen molar-refractivity contribution in [3.8, 4) is 5.75 Å². The Hall–Kier alpha value is -3.93. The number of para-hydroxylation sites is 4. The summed E-state index contributed by atoms with van der Waals surface area (Å²) >= 11 is 0. The second-order valence-electron chi connectivity index (χ2n) is 5.89. The quantitative estimate of drug-likeness (QED) is 0.386. The molecule has 6 nitrogen and oxygen atoms in total. The summed E-state index contributed by atoms with van der Waals surface area (Å²) in [5.41, 5.74) is 5.36. The number of hydrazone groups is 1. The monoisotopic (exact) mass is 356 g/mol. The zero-order valence-electron chi connectivity index (χ0n) is 14.3. The second-order valence-corrected chi connectivity index (χ2v) is 5.89. The van der Waals surface area contributed by atoms with Crippen LogP contribution in [0.25, 0.3) is 11.0 Å². The van der Waals surface area contributed by atoms with Crippen LogP contribution in [0.1, 0.15) is 11.3 Å². The summed E-state index contributed by atoms with van der Waals surface area (Å²) in [6, 6.07) is 23.3. The SMILES string of the molecule is O=c1[nH]c2ccccc2nc1C(=NNc1ccccc1)c1ccccc1O. The summed E-state index contributed by atoms with van der Waals surface area (Å²) in [5.74, 6) is 0.0143. The Morgan fingerprint density at radius 1 is 0.926 bits per heavy atom. The van der Waals surface area contributed by atoms with E-state index < -0.39 is 0 Å². The summed E-state index contributed by atoms with van der Waals surface area (Å²) in [6.07, 6.45) is 0. The Kier molecular flexibility index (Phi) is 4.37. The zero-order valence-corrected chi connectivity index (χ0v) is 14.3. The molecular formula is C21H16N4O2. The number of hydrogen-bond donors (Lipinski definition) is 3. The molecule has 0 aliphatic heterocycles. The van der Waals surface area contributed by atoms with Gasteiger partial charge in [0, 0.05) is 5.56 Å². The van der Waals surface area contributed by atoms with E-state index in [-0.39, 0.29) is 22.7 Å². The fraction of sp³-hybridized carbons (Fsp3) is 0. The Balaban J connectivity index is 1.89. The summed E-state index contributed by atoms with van der Waals surface area (Å²) in [6.45, 7) is 0. The van der Waals surface area contributed by atoms with E-state index in [0.717, 1.165) is 5.69 Å². The van der Waals surface area contributed by atoms with Crippen LogP contribution in [-0.4, -0.2) is 20.8 Å². The molecule has 0 unspecified atom stereocenters. The third-order valence-corrected chi connectivity index (χ3v) is 4.05. The van der Waals surface area contributed by atoms with Crippen LogP contribution < -0.4 is 11.0 Å². The number of anilines is 1. The predicted octanol–water partition coefficient (Wildman–Crippen LogP) is 3.49. The molecular weight excluding hydrogens is 340 g/mol. The van der Waals surface area contributed by atoms with E-state index in [1.165, 1.54) is 0 Å². The molecule has 0 fully saturated rings. The van der Waals surface area contributed by atoms with Gasteiger partial charge in [0.05, 0.1) is 16.7 Å². The van der Waals surface area contributed by atoms with Gasteiger partial charge in [-0.2, -0.15) is 5.10 Å². The van der Waals surface area contributed by atoms with Crippen LogP contribution in [0.5, 0.6) is 5.75 Å². The van der Waals surface area contributed by atoms with Gasteiger partial charge in [0.1, 0.15) is 11.5 Å². The van der Waals surface area contributed by atoms with Crippen LogP contribution in [0, 0.1) is 0 Å². The average molecular weight is 356 g/mol. The van der Waals surface area contributed by atoms with Crippen LogP contribution in [0.3, 0.4) is 0 Å². The standard InChI is InChI=1S/C21H16N4O2/c26-18-13-7-4-10-15(18)19(25-24-14-8-2-1-3-9-14)20-21(27)23-17-12-6-5-11-16(17)22-20/h1-13,24,26H,(H,23,27). The van der Waals surface area contributed by atoms with Gasteiger partial charge in [-0.05, 0) is 36.4 Å². The van der Waals surface area contributed by atoms with Crippen molar-refractivity contribution in [2.45, 2.75) is 0 Å². The first-order chi connectivity index (χ1) is 13.2. The zero-order chi connectivity index (χ0) is 18.6. The average Bonchev–Trinajstić information content (AvgIpc) is 2.70. The highest BCUT2D eigenvalue weighted by Gasteiger charge is 2.17. The molecule has 0 saturated heterocycles. The van der Waals surface area contributed by atoms with Gasteiger partial charge in [0.25, 0.3) is 5.56 Å². The highest BCUT2D eigenvalue weighted by molar-refractivity contribution is 6.13. The van der Waals surface area contributed by atoms with Crippen molar-refractivity contribution >= 4 is 22.4 Å². The van der Waals surface area contributed by atoms with Crippen LogP contribution >= 0.6 is 0 Å². The molecule has 132 valence electrons. The molecule has 1 heterocycles. The Bertz CT molecular complexity index is 1180. The minimum atomic E-state index is -0.384. The van der Waals surface area contributed by atoms with E-state index in [2.05, 4.69) is 20.5 Å². The van der Waals surface area contributed by atoms with E-state index in [1.807, 2.05) is 48.5 Å². The molecule has 0 radical (unpaired) electrons. The molecule has 3 aromatic carbocycles. The molecule has 0 atom stereocenters. The molecule has 3 N–H and O–H groups in total. The van der Waals surface area contributed by atoms with E-state index in [1.54, 1.807) is 30.3 Å². The molecule has 0 aliphatic rings. The molecule has 0 amide bonds. The number of H-pyrrole nitrogens is 1. The van der Waals surface area contributed by atoms with Gasteiger partial charge in [-0.15, -0.1) is 0 Å². The van der Waals surface area contributed by atoms with Crippen LogP contribution in [0.15, 0.2) is 88.8 Å². The van der Waals surface area contributed by atoms with E-state index in [4.69, 9.17) is 0 Å². The molecule has 27 heavy (non-hydrogen) atoms. The Morgan fingerprint density at radius 3 is 2.44 bits per heavy atom. The van der Waals surface area contributed by atoms with Crippen LogP contribution in [0.4, 0.5) is 5.69 Å². The van der Waals surface area contributed by atoms with Gasteiger partial charge in [-0.1, -0.05) is 42.5 Å². The Morgan fingerprint density at radius 2 is 1.63 bits per heavy atom. The van der Waals surface area contributed by atoms with Gasteiger partial charge in [0.15, 0.2) is 5.69 Å². The van der Waals surface area contributed by atoms with Crippen molar-refractivity contribution in [2.24, 2.45) is 5.10 Å². The number of aromatic hydroxyl groups is 1. The lowest BCUT2D eigenvalue weighted by atomic mass is 10.1. The number of benzene rings is 3. The molecule has 4 rings (SSSR count). The third-order valence-electron chi connectivity index (χ3n) is 4.05. The van der Waals surface area contributed by atoms with Crippen molar-refractivity contribution < 1.29 is 5.11 Å². The maximum absolute atomic E-state index is 12.7.